The van der Waals surface area contributed by atoms with Gasteiger partial charge in [-0.15, -0.1) is 0 Å². The molecule has 0 amide bonds. The molecule has 0 radical (unpaired) electrons. The zero-order valence-electron chi connectivity index (χ0n) is 15.1. The second kappa shape index (κ2) is 6.71. The number of benzene rings is 1. The van der Waals surface area contributed by atoms with E-state index in [1.807, 2.05) is 23.7 Å². The van der Waals surface area contributed by atoms with Crippen LogP contribution in [0.15, 0.2) is 18.2 Å². The Bertz CT molecular complexity index is 761. The van der Waals surface area contributed by atoms with Crippen LogP contribution >= 0.6 is 11.6 Å². The Morgan fingerprint density at radius 3 is 2.72 bits per heavy atom. The van der Waals surface area contributed by atoms with E-state index >= 15 is 0 Å². The first-order valence-electron chi connectivity index (χ1n) is 9.01. The van der Waals surface area contributed by atoms with Gasteiger partial charge in [-0.1, -0.05) is 17.7 Å². The third-order valence-electron chi connectivity index (χ3n) is 5.62. The molecule has 1 aliphatic carbocycles. The minimum absolute atomic E-state index is 0.309. The van der Waals surface area contributed by atoms with Gasteiger partial charge in [-0.3, -0.25) is 0 Å². The molecule has 134 valence electrons. The Morgan fingerprint density at radius 1 is 1.24 bits per heavy atom. The van der Waals surface area contributed by atoms with Crippen molar-refractivity contribution in [3.8, 4) is 5.69 Å². The van der Waals surface area contributed by atoms with Gasteiger partial charge in [-0.25, -0.2) is 9.67 Å². The molecule has 1 unspecified atom stereocenters. The van der Waals surface area contributed by atoms with Gasteiger partial charge in [0.1, 0.15) is 5.82 Å². The van der Waals surface area contributed by atoms with E-state index in [2.05, 4.69) is 25.1 Å². The predicted octanol–water partition coefficient (Wildman–Crippen LogP) is 3.54. The largest absolute Gasteiger partial charge is 0.381 e. The van der Waals surface area contributed by atoms with Gasteiger partial charge in [0.15, 0.2) is 5.82 Å². The molecule has 1 saturated heterocycles. The van der Waals surface area contributed by atoms with E-state index in [4.69, 9.17) is 26.4 Å². The standard InChI is InChI=1S/C19H25ClN4O/c1-12-16(20)5-4-6-17(12)24-19(14-9-15(10-14)23(2)3)21-18(22-24)13-7-8-25-11-13/h4-6,13-15H,7-11H2,1-3H3. The first-order chi connectivity index (χ1) is 12.0. The monoisotopic (exact) mass is 360 g/mol. The van der Waals surface area contributed by atoms with Crippen molar-refractivity contribution >= 4 is 11.6 Å². The van der Waals surface area contributed by atoms with Crippen LogP contribution in [0.3, 0.4) is 0 Å². The molecule has 0 bridgehead atoms. The Labute approximate surface area is 153 Å². The summed E-state index contributed by atoms with van der Waals surface area (Å²) in [7, 11) is 4.29. The summed E-state index contributed by atoms with van der Waals surface area (Å²) in [6.45, 7) is 3.57. The van der Waals surface area contributed by atoms with Gasteiger partial charge in [0.2, 0.25) is 0 Å². The molecular formula is C19H25ClN4O. The number of ether oxygens (including phenoxy) is 1. The molecule has 1 saturated carbocycles. The van der Waals surface area contributed by atoms with E-state index in [1.165, 1.54) is 0 Å². The lowest BCUT2D eigenvalue weighted by atomic mass is 9.79. The van der Waals surface area contributed by atoms with Crippen molar-refractivity contribution in [3.63, 3.8) is 0 Å². The highest BCUT2D eigenvalue weighted by atomic mass is 35.5. The molecule has 1 aromatic carbocycles. The van der Waals surface area contributed by atoms with Crippen molar-refractivity contribution < 1.29 is 4.74 Å². The fourth-order valence-corrected chi connectivity index (χ4v) is 3.91. The lowest BCUT2D eigenvalue weighted by Gasteiger charge is -2.39. The Morgan fingerprint density at radius 2 is 2.04 bits per heavy atom. The van der Waals surface area contributed by atoms with E-state index in [9.17, 15) is 0 Å². The minimum atomic E-state index is 0.309. The van der Waals surface area contributed by atoms with Crippen molar-refractivity contribution in [2.75, 3.05) is 27.3 Å². The lowest BCUT2D eigenvalue weighted by Crippen LogP contribution is -2.40. The van der Waals surface area contributed by atoms with E-state index in [0.717, 1.165) is 60.4 Å². The molecular weight excluding hydrogens is 336 g/mol. The predicted molar refractivity (Wildman–Crippen MR) is 98.7 cm³/mol. The van der Waals surface area contributed by atoms with Crippen LogP contribution in [-0.2, 0) is 4.74 Å². The van der Waals surface area contributed by atoms with Gasteiger partial charge >= 0.3 is 0 Å². The summed E-state index contributed by atoms with van der Waals surface area (Å²) in [5, 5.41) is 5.66. The molecule has 2 aliphatic rings. The third kappa shape index (κ3) is 3.09. The van der Waals surface area contributed by atoms with Gasteiger partial charge in [0.05, 0.1) is 12.3 Å². The summed E-state index contributed by atoms with van der Waals surface area (Å²) in [6, 6.07) is 6.62. The SMILES string of the molecule is Cc1c(Cl)cccc1-n1nc(C2CCOC2)nc1C1CC(N(C)C)C1. The number of hydrogen-bond donors (Lipinski definition) is 0. The molecule has 0 spiro atoms. The summed E-state index contributed by atoms with van der Waals surface area (Å²) in [5.74, 6) is 2.75. The summed E-state index contributed by atoms with van der Waals surface area (Å²) in [5.41, 5.74) is 2.08. The van der Waals surface area contributed by atoms with Crippen molar-refractivity contribution in [2.24, 2.45) is 0 Å². The molecule has 2 fully saturated rings. The van der Waals surface area contributed by atoms with Crippen molar-refractivity contribution in [3.05, 3.63) is 40.4 Å². The first kappa shape index (κ1) is 17.0. The molecule has 1 atom stereocenters. The maximum atomic E-state index is 6.35. The highest BCUT2D eigenvalue weighted by molar-refractivity contribution is 6.31. The normalized spacial score (nSPS) is 26.2. The summed E-state index contributed by atoms with van der Waals surface area (Å²) in [6.07, 6.45) is 3.26. The molecule has 2 heterocycles. The highest BCUT2D eigenvalue weighted by Gasteiger charge is 2.36. The van der Waals surface area contributed by atoms with Crippen LogP contribution in [0.1, 0.15) is 48.3 Å². The van der Waals surface area contributed by atoms with E-state index < -0.39 is 0 Å². The zero-order chi connectivity index (χ0) is 17.6. The van der Waals surface area contributed by atoms with Gasteiger partial charge in [0, 0.05) is 29.5 Å². The molecule has 4 rings (SSSR count). The molecule has 1 aliphatic heterocycles. The van der Waals surface area contributed by atoms with Crippen molar-refractivity contribution in [2.45, 2.75) is 44.1 Å². The van der Waals surface area contributed by atoms with E-state index in [1.54, 1.807) is 0 Å². The average Bonchev–Trinajstić information content (AvgIpc) is 3.17. The molecule has 0 N–H and O–H groups in total. The van der Waals surface area contributed by atoms with E-state index in [0.29, 0.717) is 17.9 Å². The number of nitrogens with zero attached hydrogens (tertiary/aromatic N) is 4. The van der Waals surface area contributed by atoms with Crippen molar-refractivity contribution in [1.82, 2.24) is 19.7 Å². The van der Waals surface area contributed by atoms with Gasteiger partial charge in [-0.2, -0.15) is 5.10 Å². The zero-order valence-corrected chi connectivity index (χ0v) is 15.8. The topological polar surface area (TPSA) is 43.2 Å². The third-order valence-corrected chi connectivity index (χ3v) is 6.03. The number of aromatic nitrogens is 3. The van der Waals surface area contributed by atoms with E-state index in [-0.39, 0.29) is 0 Å². The second-order valence-electron chi connectivity index (χ2n) is 7.47. The second-order valence-corrected chi connectivity index (χ2v) is 7.88. The summed E-state index contributed by atoms with van der Waals surface area (Å²) in [4.78, 5) is 7.26. The van der Waals surface area contributed by atoms with Gasteiger partial charge in [0.25, 0.3) is 0 Å². The lowest BCUT2D eigenvalue weighted by molar-refractivity contribution is 0.160. The van der Waals surface area contributed by atoms with Crippen LogP contribution in [-0.4, -0.2) is 53.0 Å². The molecule has 6 heteroatoms. The Balaban J connectivity index is 1.72. The Hall–Kier alpha value is -1.43. The smallest absolute Gasteiger partial charge is 0.156 e. The molecule has 1 aromatic heterocycles. The maximum absolute atomic E-state index is 6.35. The van der Waals surface area contributed by atoms with Gasteiger partial charge in [-0.05, 0) is 58.0 Å². The highest BCUT2D eigenvalue weighted by Crippen LogP contribution is 2.40. The number of rotatable bonds is 4. The number of halogens is 1. The fourth-order valence-electron chi connectivity index (χ4n) is 3.74. The van der Waals surface area contributed by atoms with Crippen LogP contribution in [0.4, 0.5) is 0 Å². The average molecular weight is 361 g/mol. The summed E-state index contributed by atoms with van der Waals surface area (Å²) >= 11 is 6.35. The molecule has 5 nitrogen and oxygen atoms in total. The Kier molecular flexibility index (Phi) is 4.56. The maximum Gasteiger partial charge on any atom is 0.156 e. The van der Waals surface area contributed by atoms with Gasteiger partial charge < -0.3 is 9.64 Å². The van der Waals surface area contributed by atoms with Crippen LogP contribution in [0.2, 0.25) is 5.02 Å². The molecule has 25 heavy (non-hydrogen) atoms. The van der Waals surface area contributed by atoms with Crippen LogP contribution in [0.25, 0.3) is 5.69 Å². The van der Waals surface area contributed by atoms with Crippen LogP contribution in [0.5, 0.6) is 0 Å². The van der Waals surface area contributed by atoms with Crippen LogP contribution < -0.4 is 0 Å². The number of hydrogen-bond acceptors (Lipinski definition) is 4. The van der Waals surface area contributed by atoms with Crippen molar-refractivity contribution in [1.29, 1.82) is 0 Å². The molecule has 2 aromatic rings. The fraction of sp³-hybridized carbons (Fsp3) is 0.579. The quantitative estimate of drug-likeness (QED) is 0.836. The minimum Gasteiger partial charge on any atom is -0.381 e. The first-order valence-corrected chi connectivity index (χ1v) is 9.39. The summed E-state index contributed by atoms with van der Waals surface area (Å²) < 4.78 is 7.57. The van der Waals surface area contributed by atoms with Crippen LogP contribution in [0, 0.1) is 6.92 Å².